The van der Waals surface area contributed by atoms with Gasteiger partial charge in [-0.1, -0.05) is 71.8 Å². The Morgan fingerprint density at radius 2 is 1.44 bits per heavy atom. The van der Waals surface area contributed by atoms with Gasteiger partial charge in [0, 0.05) is 18.7 Å². The first-order valence-electron chi connectivity index (χ1n) is 14.2. The molecule has 36 heavy (non-hydrogen) atoms. The minimum atomic E-state index is -0.384. The van der Waals surface area contributed by atoms with Gasteiger partial charge < -0.3 is 19.9 Å². The molecule has 0 aromatic carbocycles. The number of amides is 2. The maximum atomic E-state index is 11.9. The number of hydrogen-bond acceptors (Lipinski definition) is 5. The van der Waals surface area contributed by atoms with Crippen LogP contribution in [-0.4, -0.2) is 73.5 Å². The van der Waals surface area contributed by atoms with Crippen molar-refractivity contribution in [2.24, 2.45) is 5.92 Å². The van der Waals surface area contributed by atoms with Crippen molar-refractivity contribution in [1.29, 1.82) is 0 Å². The number of hydrogen-bond donors (Lipinski definition) is 1. The molecule has 1 unspecified atom stereocenters. The molecule has 1 aliphatic heterocycles. The van der Waals surface area contributed by atoms with E-state index in [9.17, 15) is 14.4 Å². The van der Waals surface area contributed by atoms with Gasteiger partial charge in [0.05, 0.1) is 19.2 Å². The number of likely N-dealkylation sites (N-methyl/N-ethyl adjacent to an activating group) is 1. The molecule has 2 fully saturated rings. The second-order valence-electron chi connectivity index (χ2n) is 10.3. The normalized spacial score (nSPS) is 17.9. The van der Waals surface area contributed by atoms with Crippen LogP contribution < -0.4 is 5.32 Å². The summed E-state index contributed by atoms with van der Waals surface area (Å²) in [4.78, 5) is 37.8. The van der Waals surface area contributed by atoms with Crippen molar-refractivity contribution in [3.05, 3.63) is 11.6 Å². The van der Waals surface area contributed by atoms with Crippen LogP contribution in [0.5, 0.6) is 0 Å². The molecule has 1 N–H and O–H groups in total. The summed E-state index contributed by atoms with van der Waals surface area (Å²) in [6.07, 6.45) is 16.8. The van der Waals surface area contributed by atoms with Crippen LogP contribution in [0.25, 0.3) is 0 Å². The van der Waals surface area contributed by atoms with E-state index in [1.807, 2.05) is 13.8 Å². The van der Waals surface area contributed by atoms with E-state index in [1.54, 1.807) is 27.0 Å². The summed E-state index contributed by atoms with van der Waals surface area (Å²) in [5, 5.41) is 2.34. The van der Waals surface area contributed by atoms with Crippen LogP contribution >= 0.6 is 0 Å². The Labute approximate surface area is 221 Å². The van der Waals surface area contributed by atoms with Crippen molar-refractivity contribution >= 4 is 18.3 Å². The first kappa shape index (κ1) is 34.1. The first-order valence-corrected chi connectivity index (χ1v) is 14.2. The van der Waals surface area contributed by atoms with Gasteiger partial charge >= 0.3 is 5.97 Å². The van der Waals surface area contributed by atoms with Gasteiger partial charge in [-0.05, 0) is 59.0 Å². The Kier molecular flexibility index (Phi) is 20.1. The van der Waals surface area contributed by atoms with Crippen LogP contribution in [0, 0.1) is 5.92 Å². The van der Waals surface area contributed by atoms with Crippen molar-refractivity contribution < 1.29 is 19.1 Å². The fourth-order valence-corrected chi connectivity index (χ4v) is 4.42. The smallest absolute Gasteiger partial charge is 0.333 e. The lowest BCUT2D eigenvalue weighted by molar-refractivity contribution is -0.138. The molecule has 0 radical (unpaired) electrons. The predicted molar refractivity (Wildman–Crippen MR) is 149 cm³/mol. The number of rotatable bonds is 10. The van der Waals surface area contributed by atoms with E-state index in [0.29, 0.717) is 18.6 Å². The Morgan fingerprint density at radius 1 is 0.944 bits per heavy atom. The highest BCUT2D eigenvalue weighted by Crippen LogP contribution is 2.16. The molecule has 1 aliphatic carbocycles. The fourth-order valence-electron chi connectivity index (χ4n) is 4.42. The molecule has 2 amide bonds. The molecule has 0 spiro atoms. The van der Waals surface area contributed by atoms with Crippen molar-refractivity contribution in [3.63, 3.8) is 0 Å². The van der Waals surface area contributed by atoms with E-state index < -0.39 is 0 Å². The van der Waals surface area contributed by atoms with E-state index in [2.05, 4.69) is 24.1 Å². The van der Waals surface area contributed by atoms with E-state index in [4.69, 9.17) is 4.74 Å². The highest BCUT2D eigenvalue weighted by Gasteiger charge is 2.22. The molecule has 2 aliphatic rings. The molecule has 7 heteroatoms. The van der Waals surface area contributed by atoms with Crippen LogP contribution in [-0.2, 0) is 19.1 Å². The number of esters is 1. The molecule has 2 rings (SSSR count). The summed E-state index contributed by atoms with van der Waals surface area (Å²) in [6.45, 7) is 14.9. The molecule has 1 saturated carbocycles. The maximum absolute atomic E-state index is 11.9. The fraction of sp³-hybridized carbons (Fsp3) is 0.828. The van der Waals surface area contributed by atoms with Gasteiger partial charge in [-0.3, -0.25) is 9.59 Å². The number of carbonyl (C=O) groups is 3. The summed E-state index contributed by atoms with van der Waals surface area (Å²) < 4.78 is 4.92. The molecule has 0 bridgehead atoms. The third-order valence-corrected chi connectivity index (χ3v) is 6.98. The lowest BCUT2D eigenvalue weighted by Gasteiger charge is -2.31. The summed E-state index contributed by atoms with van der Waals surface area (Å²) in [5.74, 6) is -0.474. The van der Waals surface area contributed by atoms with E-state index in [0.717, 1.165) is 6.04 Å². The van der Waals surface area contributed by atoms with E-state index in [-0.39, 0.29) is 30.4 Å². The van der Waals surface area contributed by atoms with Gasteiger partial charge in [0.25, 0.3) is 0 Å². The lowest BCUT2D eigenvalue weighted by Crippen LogP contribution is -2.43. The van der Waals surface area contributed by atoms with Crippen LogP contribution in [0.1, 0.15) is 106 Å². The molecule has 210 valence electrons. The van der Waals surface area contributed by atoms with Crippen LogP contribution in [0.3, 0.4) is 0 Å². The van der Waals surface area contributed by atoms with Gasteiger partial charge in [-0.15, -0.1) is 0 Å². The van der Waals surface area contributed by atoms with Crippen molar-refractivity contribution in [2.45, 2.75) is 118 Å². The Hall–Kier alpha value is -1.89. The van der Waals surface area contributed by atoms with Crippen LogP contribution in [0.4, 0.5) is 0 Å². The molecule has 0 aromatic rings. The van der Waals surface area contributed by atoms with Gasteiger partial charge in [-0.25, -0.2) is 4.79 Å². The number of nitrogens with zero attached hydrogens (tertiary/aromatic N) is 2. The number of ether oxygens (including phenoxy) is 1. The number of nitrogens with one attached hydrogen (secondary N) is 1. The predicted octanol–water partition coefficient (Wildman–Crippen LogP) is 5.34. The standard InChI is InChI=1S/C14H24N2O4.C9H19N.C6H12/c1-6-20-14(19)11(4)7-12(10(2)3)16(5)13(18)8-15-9-17;1-3-9(2)10-7-5-4-6-8-10;1-2-4-6-5-3-1/h7,9-10,12H,6,8H2,1-5H3,(H,15,17);9H,3-8H2,1-2H3;1-6H2/b11-7+;;/t12-;;/m1../s1. The second-order valence-corrected chi connectivity index (χ2v) is 10.3. The van der Waals surface area contributed by atoms with Crippen molar-refractivity contribution in [1.82, 2.24) is 15.1 Å². The zero-order chi connectivity index (χ0) is 27.3. The minimum Gasteiger partial charge on any atom is -0.463 e. The van der Waals surface area contributed by atoms with Gasteiger partial charge in [0.2, 0.25) is 12.3 Å². The topological polar surface area (TPSA) is 79.0 Å². The summed E-state index contributed by atoms with van der Waals surface area (Å²) >= 11 is 0. The second kappa shape index (κ2) is 21.2. The monoisotopic (exact) mass is 509 g/mol. The van der Waals surface area contributed by atoms with Crippen LogP contribution in [0.15, 0.2) is 11.6 Å². The van der Waals surface area contributed by atoms with E-state index >= 15 is 0 Å². The molecular formula is C29H55N3O4. The highest BCUT2D eigenvalue weighted by molar-refractivity contribution is 5.88. The zero-order valence-corrected chi connectivity index (χ0v) is 24.3. The first-order chi connectivity index (χ1) is 17.2. The largest absolute Gasteiger partial charge is 0.463 e. The number of likely N-dealkylation sites (tertiary alicyclic amines) is 1. The number of carbonyl (C=O) groups excluding carboxylic acids is 3. The average molecular weight is 510 g/mol. The molecule has 0 aromatic heterocycles. The quantitative estimate of drug-likeness (QED) is 0.244. The van der Waals surface area contributed by atoms with Crippen LogP contribution in [0.2, 0.25) is 0 Å². The Bertz CT molecular complexity index is 614. The Morgan fingerprint density at radius 3 is 1.86 bits per heavy atom. The van der Waals surface area contributed by atoms with Gasteiger partial charge in [0.15, 0.2) is 0 Å². The SMILES string of the molecule is C1CCCCC1.CCC(C)N1CCCCC1.CCOC(=O)/C(C)=C/[C@H](C(C)C)N(C)C(=O)CNC=O. The van der Waals surface area contributed by atoms with Crippen molar-refractivity contribution in [2.75, 3.05) is 33.3 Å². The third kappa shape index (κ3) is 15.3. The summed E-state index contributed by atoms with van der Waals surface area (Å²) in [6, 6.07) is 0.584. The Balaban J connectivity index is 0.000000620. The number of piperidine rings is 1. The molecule has 2 atom stereocenters. The van der Waals surface area contributed by atoms with E-state index in [1.165, 1.54) is 82.2 Å². The summed E-state index contributed by atoms with van der Waals surface area (Å²) in [5.41, 5.74) is 0.466. The molecular weight excluding hydrogens is 454 g/mol. The molecule has 1 heterocycles. The molecule has 7 nitrogen and oxygen atoms in total. The lowest BCUT2D eigenvalue weighted by atomic mass is 10.00. The average Bonchev–Trinajstić information content (AvgIpc) is 2.91. The van der Waals surface area contributed by atoms with Crippen molar-refractivity contribution in [3.8, 4) is 0 Å². The third-order valence-electron chi connectivity index (χ3n) is 6.98. The minimum absolute atomic E-state index is 0.0600. The highest BCUT2D eigenvalue weighted by atomic mass is 16.5. The van der Waals surface area contributed by atoms with Gasteiger partial charge in [-0.2, -0.15) is 0 Å². The maximum Gasteiger partial charge on any atom is 0.333 e. The summed E-state index contributed by atoms with van der Waals surface area (Å²) in [7, 11) is 1.65. The zero-order valence-electron chi connectivity index (χ0n) is 24.3. The molecule has 1 saturated heterocycles. The van der Waals surface area contributed by atoms with Gasteiger partial charge in [0.1, 0.15) is 0 Å².